The number of hydrogen-bond donors (Lipinski definition) is 0. The van der Waals surface area contributed by atoms with E-state index in [1.807, 2.05) is 18.7 Å². The Kier molecular flexibility index (Phi) is 5.45. The normalized spacial score (nSPS) is 21.5. The molecule has 120 valence electrons. The maximum Gasteiger partial charge on any atom is 0.254 e. The second-order valence-electron chi connectivity index (χ2n) is 5.90. The van der Waals surface area contributed by atoms with Crippen LogP contribution in [0.25, 0.3) is 0 Å². The van der Waals surface area contributed by atoms with Crippen LogP contribution in [0, 0.1) is 11.0 Å². The van der Waals surface area contributed by atoms with Gasteiger partial charge in [0.2, 0.25) is 0 Å². The van der Waals surface area contributed by atoms with Gasteiger partial charge in [-0.05, 0) is 32.4 Å². The highest BCUT2D eigenvalue weighted by molar-refractivity contribution is 8.24. The van der Waals surface area contributed by atoms with Crippen LogP contribution < -0.4 is 0 Å². The van der Waals surface area contributed by atoms with Crippen molar-refractivity contribution in [2.45, 2.75) is 44.5 Å². The molecule has 6 heteroatoms. The summed E-state index contributed by atoms with van der Waals surface area (Å²) in [5.41, 5.74) is 0.298. The Morgan fingerprint density at radius 3 is 2.77 bits per heavy atom. The molecule has 2 rings (SSSR count). The van der Waals surface area contributed by atoms with Crippen LogP contribution in [-0.2, 0) is 0 Å². The Morgan fingerprint density at radius 2 is 2.14 bits per heavy atom. The first-order valence-electron chi connectivity index (χ1n) is 7.41. The number of hydroxylamine groups is 1. The highest BCUT2D eigenvalue weighted by Crippen LogP contribution is 2.41. The number of benzene rings is 1. The van der Waals surface area contributed by atoms with Crippen LogP contribution in [-0.4, -0.2) is 37.6 Å². The molecule has 1 heterocycles. The summed E-state index contributed by atoms with van der Waals surface area (Å²) < 4.78 is 15.0. The summed E-state index contributed by atoms with van der Waals surface area (Å²) in [5.74, 6) is -0.394. The Hall–Kier alpha value is -1.14. The van der Waals surface area contributed by atoms with E-state index in [9.17, 15) is 9.60 Å². The molecule has 22 heavy (non-hydrogen) atoms. The number of nitrogens with zero attached hydrogens (tertiary/aromatic N) is 2. The molecule has 1 unspecified atom stereocenters. The van der Waals surface area contributed by atoms with Crippen molar-refractivity contribution in [2.75, 3.05) is 6.54 Å². The predicted octanol–water partition coefficient (Wildman–Crippen LogP) is 3.99. The summed E-state index contributed by atoms with van der Waals surface area (Å²) in [4.78, 5) is 1.97. The monoisotopic (exact) mass is 340 g/mol. The molecule has 1 atom stereocenters. The fourth-order valence-electron chi connectivity index (χ4n) is 2.58. The van der Waals surface area contributed by atoms with E-state index in [2.05, 4.69) is 6.92 Å². The summed E-state index contributed by atoms with van der Waals surface area (Å²) >= 11 is 6.96. The molecule has 1 aliphatic heterocycles. The number of rotatable bonds is 5. The minimum Gasteiger partial charge on any atom is -0.622 e. The minimum atomic E-state index is -0.420. The molecule has 1 aromatic carbocycles. The van der Waals surface area contributed by atoms with Gasteiger partial charge in [0.05, 0.1) is 5.56 Å². The summed E-state index contributed by atoms with van der Waals surface area (Å²) in [6, 6.07) is 6.29. The lowest BCUT2D eigenvalue weighted by Gasteiger charge is -2.29. The van der Waals surface area contributed by atoms with Gasteiger partial charge >= 0.3 is 0 Å². The highest BCUT2D eigenvalue weighted by Gasteiger charge is 2.50. The van der Waals surface area contributed by atoms with Gasteiger partial charge in [0, 0.05) is 6.54 Å². The molecular formula is C16H21FN2OS2. The van der Waals surface area contributed by atoms with Crippen LogP contribution in [0.3, 0.4) is 0 Å². The van der Waals surface area contributed by atoms with Crippen LogP contribution in [0.2, 0.25) is 0 Å². The molecule has 0 amide bonds. The van der Waals surface area contributed by atoms with Gasteiger partial charge in [-0.1, -0.05) is 49.5 Å². The minimum absolute atomic E-state index is 0.298. The summed E-state index contributed by atoms with van der Waals surface area (Å²) in [5, 5.41) is 12.7. The second-order valence-corrected chi connectivity index (χ2v) is 8.19. The lowest BCUT2D eigenvalue weighted by molar-refractivity contribution is -0.523. The van der Waals surface area contributed by atoms with Gasteiger partial charge in [0.15, 0.2) is 6.21 Å². The fraction of sp³-hybridized carbons (Fsp3) is 0.500. The molecule has 0 aromatic heterocycles. The van der Waals surface area contributed by atoms with Crippen molar-refractivity contribution in [3.05, 3.63) is 40.9 Å². The molecule has 0 spiro atoms. The van der Waals surface area contributed by atoms with E-state index in [0.29, 0.717) is 5.56 Å². The van der Waals surface area contributed by atoms with E-state index in [1.165, 1.54) is 24.0 Å². The van der Waals surface area contributed by atoms with Crippen LogP contribution >= 0.6 is 24.0 Å². The van der Waals surface area contributed by atoms with Gasteiger partial charge in [0.1, 0.15) is 14.9 Å². The van der Waals surface area contributed by atoms with Crippen LogP contribution in [0.15, 0.2) is 24.3 Å². The molecule has 0 bridgehead atoms. The fourth-order valence-corrected chi connectivity index (χ4v) is 4.52. The van der Waals surface area contributed by atoms with Crippen LogP contribution in [0.4, 0.5) is 4.39 Å². The number of hydrogen-bond acceptors (Lipinski definition) is 3. The maximum absolute atomic E-state index is 13.8. The third kappa shape index (κ3) is 3.60. The van der Waals surface area contributed by atoms with Crippen LogP contribution in [0.5, 0.6) is 0 Å². The van der Waals surface area contributed by atoms with E-state index >= 15 is 0 Å². The van der Waals surface area contributed by atoms with Crippen molar-refractivity contribution in [2.24, 2.45) is 0 Å². The average Bonchev–Trinajstić information content (AvgIpc) is 2.67. The predicted molar refractivity (Wildman–Crippen MR) is 94.9 cm³/mol. The Morgan fingerprint density at radius 1 is 1.45 bits per heavy atom. The molecule has 0 radical (unpaired) electrons. The lowest BCUT2D eigenvalue weighted by atomic mass is 10.1. The second kappa shape index (κ2) is 6.96. The van der Waals surface area contributed by atoms with E-state index in [1.54, 1.807) is 18.2 Å². The first-order chi connectivity index (χ1) is 10.4. The number of halogens is 1. The summed E-state index contributed by atoms with van der Waals surface area (Å²) in [6.45, 7) is 6.86. The summed E-state index contributed by atoms with van der Waals surface area (Å²) in [6.07, 6.45) is 2.92. The topological polar surface area (TPSA) is 29.3 Å². The standard InChI is InChI=1S/C16H21FN2OS2/c1-4-5-10-18-14(16(2,3)22-15(18)21)19(20)11-12-8-6-7-9-13(12)17/h6-9,11,14H,4-5,10H2,1-3H3/b19-11-. The zero-order chi connectivity index (χ0) is 16.3. The molecule has 0 N–H and O–H groups in total. The summed E-state index contributed by atoms with van der Waals surface area (Å²) in [7, 11) is 0. The van der Waals surface area contributed by atoms with Gasteiger partial charge in [-0.2, -0.15) is 4.74 Å². The largest absolute Gasteiger partial charge is 0.622 e. The SMILES string of the molecule is CCCCN1C(=S)SC(C)(C)C1/[N+]([O-])=C/c1ccccc1F. The molecule has 1 fully saturated rings. The number of thiocarbonyl (C=S) groups is 1. The van der Waals surface area contributed by atoms with E-state index in [-0.39, 0.29) is 4.75 Å². The third-order valence-corrected chi connectivity index (χ3v) is 5.30. The van der Waals surface area contributed by atoms with Crippen molar-refractivity contribution in [1.29, 1.82) is 0 Å². The van der Waals surface area contributed by atoms with Crippen molar-refractivity contribution in [3.63, 3.8) is 0 Å². The van der Waals surface area contributed by atoms with Crippen LogP contribution in [0.1, 0.15) is 39.2 Å². The van der Waals surface area contributed by atoms with Gasteiger partial charge < -0.3 is 5.21 Å². The third-order valence-electron chi connectivity index (χ3n) is 3.67. The quantitative estimate of drug-likeness (QED) is 0.266. The molecule has 1 aromatic rings. The number of thioether (sulfide) groups is 1. The average molecular weight is 340 g/mol. The Labute approximate surface area is 140 Å². The van der Waals surface area contributed by atoms with Gasteiger partial charge in [-0.3, -0.25) is 4.90 Å². The first-order valence-corrected chi connectivity index (χ1v) is 8.63. The zero-order valence-electron chi connectivity index (χ0n) is 13.1. The lowest BCUT2D eigenvalue weighted by Crippen LogP contribution is -2.48. The van der Waals surface area contributed by atoms with Crippen molar-refractivity contribution in [3.8, 4) is 0 Å². The number of unbranched alkanes of at least 4 members (excludes halogenated alkanes) is 1. The van der Waals surface area contributed by atoms with Gasteiger partial charge in [-0.25, -0.2) is 4.39 Å². The van der Waals surface area contributed by atoms with Crippen molar-refractivity contribution in [1.82, 2.24) is 4.90 Å². The Bertz CT molecular complexity index is 589. The van der Waals surface area contributed by atoms with Crippen molar-refractivity contribution >= 4 is 34.5 Å². The van der Waals surface area contributed by atoms with Gasteiger partial charge in [-0.15, -0.1) is 0 Å². The van der Waals surface area contributed by atoms with Crippen molar-refractivity contribution < 1.29 is 9.13 Å². The smallest absolute Gasteiger partial charge is 0.254 e. The molecule has 0 aliphatic carbocycles. The zero-order valence-corrected chi connectivity index (χ0v) is 14.7. The molecule has 0 saturated carbocycles. The molecule has 1 saturated heterocycles. The molecular weight excluding hydrogens is 319 g/mol. The first kappa shape index (κ1) is 17.2. The van der Waals surface area contributed by atoms with E-state index in [4.69, 9.17) is 12.2 Å². The molecule has 1 aliphatic rings. The van der Waals surface area contributed by atoms with E-state index < -0.39 is 12.0 Å². The van der Waals surface area contributed by atoms with E-state index in [0.717, 1.165) is 28.4 Å². The molecule has 3 nitrogen and oxygen atoms in total. The maximum atomic E-state index is 13.8. The highest BCUT2D eigenvalue weighted by atomic mass is 32.2. The Balaban J connectivity index is 2.33. The van der Waals surface area contributed by atoms with Gasteiger partial charge in [0.25, 0.3) is 6.17 Å².